The minimum absolute atomic E-state index is 0.289. The molecule has 0 aliphatic heterocycles. The summed E-state index contributed by atoms with van der Waals surface area (Å²) < 4.78 is 1.80. The molecule has 1 atom stereocenters. The highest BCUT2D eigenvalue weighted by atomic mass is 16.2. The van der Waals surface area contributed by atoms with Crippen LogP contribution in [-0.4, -0.2) is 27.6 Å². The van der Waals surface area contributed by atoms with Gasteiger partial charge in [0.15, 0.2) is 5.69 Å². The average molecular weight is 364 g/mol. The van der Waals surface area contributed by atoms with E-state index in [2.05, 4.69) is 10.4 Å². The molecule has 0 unspecified atom stereocenters. The molecule has 1 heterocycles. The first-order chi connectivity index (χ1) is 12.8. The number of rotatable bonds is 5. The Hall–Kier alpha value is -3.15. The van der Waals surface area contributed by atoms with E-state index < -0.39 is 23.3 Å². The van der Waals surface area contributed by atoms with E-state index in [0.717, 1.165) is 16.5 Å². The first kappa shape index (κ1) is 18.6. The Labute approximate surface area is 158 Å². The second-order valence-corrected chi connectivity index (χ2v) is 7.68. The third kappa shape index (κ3) is 4.00. The predicted octanol–water partition coefficient (Wildman–Crippen LogP) is 2.71. The summed E-state index contributed by atoms with van der Waals surface area (Å²) in [4.78, 5) is 24.7. The molecule has 3 aromatic rings. The SMILES string of the molecule is CC(C)(C)[C@H](NC(=O)c1nn(Cc2ccccc2)c2ccccc12)C(N)=O. The molecule has 2 aromatic carbocycles. The number of primary amides is 1. The molecule has 140 valence electrons. The number of carbonyl (C=O) groups is 2. The molecule has 1 aromatic heterocycles. The topological polar surface area (TPSA) is 90.0 Å². The summed E-state index contributed by atoms with van der Waals surface area (Å²) in [5, 5.41) is 8.02. The van der Waals surface area contributed by atoms with Crippen LogP contribution in [-0.2, 0) is 11.3 Å². The van der Waals surface area contributed by atoms with Gasteiger partial charge in [-0.25, -0.2) is 0 Å². The van der Waals surface area contributed by atoms with E-state index in [1.54, 1.807) is 4.68 Å². The van der Waals surface area contributed by atoms with Crippen molar-refractivity contribution >= 4 is 22.7 Å². The lowest BCUT2D eigenvalue weighted by Gasteiger charge is -2.28. The monoisotopic (exact) mass is 364 g/mol. The Morgan fingerprint density at radius 3 is 2.33 bits per heavy atom. The maximum atomic E-state index is 12.9. The van der Waals surface area contributed by atoms with Gasteiger partial charge in [-0.1, -0.05) is 69.3 Å². The fourth-order valence-electron chi connectivity index (χ4n) is 3.09. The van der Waals surface area contributed by atoms with Crippen molar-refractivity contribution in [1.82, 2.24) is 15.1 Å². The zero-order valence-electron chi connectivity index (χ0n) is 15.8. The molecular weight excluding hydrogens is 340 g/mol. The van der Waals surface area contributed by atoms with Crippen molar-refractivity contribution in [1.29, 1.82) is 0 Å². The van der Waals surface area contributed by atoms with Crippen LogP contribution in [0.3, 0.4) is 0 Å². The van der Waals surface area contributed by atoms with Crippen LogP contribution in [0.2, 0.25) is 0 Å². The predicted molar refractivity (Wildman–Crippen MR) is 105 cm³/mol. The lowest BCUT2D eigenvalue weighted by molar-refractivity contribution is -0.122. The second kappa shape index (κ2) is 7.23. The van der Waals surface area contributed by atoms with Gasteiger partial charge in [-0.2, -0.15) is 5.10 Å². The van der Waals surface area contributed by atoms with Gasteiger partial charge in [0.25, 0.3) is 5.91 Å². The normalized spacial score (nSPS) is 12.7. The molecule has 0 bridgehead atoms. The molecule has 0 saturated heterocycles. The number of fused-ring (bicyclic) bond motifs is 1. The highest BCUT2D eigenvalue weighted by molar-refractivity contribution is 6.06. The lowest BCUT2D eigenvalue weighted by atomic mass is 9.86. The molecule has 0 saturated carbocycles. The van der Waals surface area contributed by atoms with Crippen LogP contribution >= 0.6 is 0 Å². The number of aromatic nitrogens is 2. The largest absolute Gasteiger partial charge is 0.368 e. The zero-order valence-corrected chi connectivity index (χ0v) is 15.8. The Bertz CT molecular complexity index is 971. The number of nitrogens with two attached hydrogens (primary N) is 1. The summed E-state index contributed by atoms with van der Waals surface area (Å²) in [7, 11) is 0. The van der Waals surface area contributed by atoms with Crippen LogP contribution in [0.4, 0.5) is 0 Å². The molecule has 2 amide bonds. The van der Waals surface area contributed by atoms with Crippen molar-refractivity contribution in [2.45, 2.75) is 33.4 Å². The van der Waals surface area contributed by atoms with Crippen molar-refractivity contribution in [3.63, 3.8) is 0 Å². The molecule has 0 fully saturated rings. The number of hydrogen-bond donors (Lipinski definition) is 2. The van der Waals surface area contributed by atoms with Gasteiger partial charge in [0, 0.05) is 5.39 Å². The maximum absolute atomic E-state index is 12.9. The lowest BCUT2D eigenvalue weighted by Crippen LogP contribution is -2.52. The van der Waals surface area contributed by atoms with E-state index in [9.17, 15) is 9.59 Å². The molecule has 0 aliphatic rings. The molecule has 6 nitrogen and oxygen atoms in total. The van der Waals surface area contributed by atoms with Crippen molar-refractivity contribution < 1.29 is 9.59 Å². The van der Waals surface area contributed by atoms with Crippen molar-refractivity contribution in [2.24, 2.45) is 11.1 Å². The van der Waals surface area contributed by atoms with E-state index in [1.807, 2.05) is 75.4 Å². The zero-order chi connectivity index (χ0) is 19.6. The summed E-state index contributed by atoms with van der Waals surface area (Å²) in [6, 6.07) is 16.7. The summed E-state index contributed by atoms with van der Waals surface area (Å²) in [6.07, 6.45) is 0. The number of nitrogens with one attached hydrogen (secondary N) is 1. The summed E-state index contributed by atoms with van der Waals surface area (Å²) in [6.45, 7) is 6.12. The van der Waals surface area contributed by atoms with Gasteiger partial charge in [0.1, 0.15) is 6.04 Å². The number of benzene rings is 2. The molecule has 27 heavy (non-hydrogen) atoms. The Kier molecular flexibility index (Phi) is 4.99. The quantitative estimate of drug-likeness (QED) is 0.729. The number of amides is 2. The molecule has 6 heteroatoms. The van der Waals surface area contributed by atoms with Crippen LogP contribution in [0.25, 0.3) is 10.9 Å². The van der Waals surface area contributed by atoms with Gasteiger partial charge >= 0.3 is 0 Å². The maximum Gasteiger partial charge on any atom is 0.273 e. The van der Waals surface area contributed by atoms with E-state index in [0.29, 0.717) is 6.54 Å². The van der Waals surface area contributed by atoms with E-state index in [-0.39, 0.29) is 5.69 Å². The number of para-hydroxylation sites is 1. The Morgan fingerprint density at radius 2 is 1.70 bits per heavy atom. The first-order valence-corrected chi connectivity index (χ1v) is 8.87. The third-order valence-corrected chi connectivity index (χ3v) is 4.47. The van der Waals surface area contributed by atoms with Crippen molar-refractivity contribution in [2.75, 3.05) is 0 Å². The molecule has 3 N–H and O–H groups in total. The summed E-state index contributed by atoms with van der Waals surface area (Å²) in [5.41, 5.74) is 7.23. The number of carbonyl (C=O) groups excluding carboxylic acids is 2. The summed E-state index contributed by atoms with van der Waals surface area (Å²) >= 11 is 0. The fraction of sp³-hybridized carbons (Fsp3) is 0.286. The van der Waals surface area contributed by atoms with Crippen LogP contribution in [0.5, 0.6) is 0 Å². The van der Waals surface area contributed by atoms with Crippen LogP contribution in [0.1, 0.15) is 36.8 Å². The van der Waals surface area contributed by atoms with E-state index in [1.165, 1.54) is 0 Å². The van der Waals surface area contributed by atoms with Crippen LogP contribution in [0, 0.1) is 5.41 Å². The summed E-state index contributed by atoms with van der Waals surface area (Å²) in [5.74, 6) is -0.972. The molecular formula is C21H24N4O2. The van der Waals surface area contributed by atoms with Crippen LogP contribution in [0.15, 0.2) is 54.6 Å². The average Bonchev–Trinajstić information content (AvgIpc) is 2.98. The molecule has 3 rings (SSSR count). The standard InChI is InChI=1S/C21H24N4O2/c1-21(2,3)18(19(22)26)23-20(27)17-15-11-7-8-12-16(15)25(24-17)13-14-9-5-4-6-10-14/h4-12,18H,13H2,1-3H3,(H2,22,26)(H,23,27)/t18-/m1/s1. The van der Waals surface area contributed by atoms with Crippen LogP contribution < -0.4 is 11.1 Å². The van der Waals surface area contributed by atoms with E-state index in [4.69, 9.17) is 5.73 Å². The third-order valence-electron chi connectivity index (χ3n) is 4.47. The van der Waals surface area contributed by atoms with Gasteiger partial charge in [-0.15, -0.1) is 0 Å². The Morgan fingerprint density at radius 1 is 1.07 bits per heavy atom. The second-order valence-electron chi connectivity index (χ2n) is 7.68. The van der Waals surface area contributed by atoms with Gasteiger partial charge in [0.2, 0.25) is 5.91 Å². The minimum atomic E-state index is -0.789. The van der Waals surface area contributed by atoms with Crippen molar-refractivity contribution in [3.05, 3.63) is 65.9 Å². The van der Waals surface area contributed by atoms with Gasteiger partial charge in [-0.3, -0.25) is 14.3 Å². The molecule has 0 spiro atoms. The molecule has 0 aliphatic carbocycles. The Balaban J connectivity index is 1.97. The van der Waals surface area contributed by atoms with Gasteiger partial charge < -0.3 is 11.1 Å². The smallest absolute Gasteiger partial charge is 0.273 e. The van der Waals surface area contributed by atoms with Gasteiger partial charge in [0.05, 0.1) is 12.1 Å². The van der Waals surface area contributed by atoms with Gasteiger partial charge in [-0.05, 0) is 17.0 Å². The van der Waals surface area contributed by atoms with Crippen molar-refractivity contribution in [3.8, 4) is 0 Å². The molecule has 0 radical (unpaired) electrons. The number of hydrogen-bond acceptors (Lipinski definition) is 3. The fourth-order valence-corrected chi connectivity index (χ4v) is 3.09. The minimum Gasteiger partial charge on any atom is -0.368 e. The number of nitrogens with zero attached hydrogens (tertiary/aromatic N) is 2. The highest BCUT2D eigenvalue weighted by Crippen LogP contribution is 2.22. The first-order valence-electron chi connectivity index (χ1n) is 8.87. The highest BCUT2D eigenvalue weighted by Gasteiger charge is 2.32. The van der Waals surface area contributed by atoms with E-state index >= 15 is 0 Å².